The average molecular weight is 288 g/mol. The van der Waals surface area contributed by atoms with Crippen molar-refractivity contribution in [3.8, 4) is 0 Å². The number of carbonyl (C=O) groups excluding carboxylic acids is 1. The number of anilines is 1. The molecule has 0 unspecified atom stereocenters. The lowest BCUT2D eigenvalue weighted by atomic mass is 10.2. The molecule has 0 aliphatic heterocycles. The molecule has 0 atom stereocenters. The van der Waals surface area contributed by atoms with Gasteiger partial charge in [-0.15, -0.1) is 0 Å². The van der Waals surface area contributed by atoms with Gasteiger partial charge in [-0.2, -0.15) is 0 Å². The molecule has 2 rings (SSSR count). The maximum atomic E-state index is 12.1. The van der Waals surface area contributed by atoms with Gasteiger partial charge in [0.1, 0.15) is 23.2 Å². The van der Waals surface area contributed by atoms with Gasteiger partial charge in [-0.25, -0.2) is 9.97 Å². The van der Waals surface area contributed by atoms with E-state index in [1.807, 2.05) is 38.9 Å². The van der Waals surface area contributed by atoms with Crippen LogP contribution < -0.4 is 10.2 Å². The Hall–Kier alpha value is -2.37. The van der Waals surface area contributed by atoms with Crippen LogP contribution in [-0.4, -0.2) is 30.0 Å². The number of carbonyl (C=O) groups is 1. The maximum Gasteiger partial charge on any atom is 0.255 e. The third-order valence-corrected chi connectivity index (χ3v) is 3.04. The van der Waals surface area contributed by atoms with Gasteiger partial charge in [0.15, 0.2) is 0 Å². The second-order valence-electron chi connectivity index (χ2n) is 5.19. The molecule has 6 nitrogen and oxygen atoms in total. The molecule has 112 valence electrons. The molecule has 0 spiro atoms. The number of furan rings is 1. The minimum Gasteiger partial charge on any atom is -0.466 e. The molecular weight excluding hydrogens is 268 g/mol. The standard InChI is InChI=1S/C15H20N4O2/c1-9-6-14(19(4)5)18-13(17-9)8-16-15(20)12-7-10(2)21-11(12)3/h6-7H,8H2,1-5H3,(H,16,20). The number of amides is 1. The lowest BCUT2D eigenvalue weighted by molar-refractivity contribution is 0.0948. The highest BCUT2D eigenvalue weighted by molar-refractivity contribution is 5.95. The molecule has 21 heavy (non-hydrogen) atoms. The molecule has 0 aromatic carbocycles. The van der Waals surface area contributed by atoms with Gasteiger partial charge >= 0.3 is 0 Å². The Morgan fingerprint density at radius 2 is 1.95 bits per heavy atom. The van der Waals surface area contributed by atoms with E-state index in [0.717, 1.165) is 17.3 Å². The Balaban J connectivity index is 2.09. The fraction of sp³-hybridized carbons (Fsp3) is 0.400. The van der Waals surface area contributed by atoms with E-state index in [1.54, 1.807) is 13.0 Å². The van der Waals surface area contributed by atoms with E-state index in [1.165, 1.54) is 0 Å². The minimum atomic E-state index is -0.180. The normalized spacial score (nSPS) is 10.5. The quantitative estimate of drug-likeness (QED) is 0.931. The van der Waals surface area contributed by atoms with Gasteiger partial charge in [-0.3, -0.25) is 4.79 Å². The number of aromatic nitrogens is 2. The predicted molar refractivity (Wildman–Crippen MR) is 80.4 cm³/mol. The van der Waals surface area contributed by atoms with Gasteiger partial charge in [-0.05, 0) is 26.8 Å². The van der Waals surface area contributed by atoms with Gasteiger partial charge in [0, 0.05) is 25.9 Å². The van der Waals surface area contributed by atoms with Crippen molar-refractivity contribution < 1.29 is 9.21 Å². The Bertz CT molecular complexity index is 662. The van der Waals surface area contributed by atoms with Crippen molar-refractivity contribution in [1.29, 1.82) is 0 Å². The zero-order chi connectivity index (χ0) is 15.6. The summed E-state index contributed by atoms with van der Waals surface area (Å²) in [5, 5.41) is 2.82. The Labute approximate surface area is 124 Å². The number of nitrogens with one attached hydrogen (secondary N) is 1. The summed E-state index contributed by atoms with van der Waals surface area (Å²) in [5.41, 5.74) is 1.42. The van der Waals surface area contributed by atoms with Crippen molar-refractivity contribution in [1.82, 2.24) is 15.3 Å². The number of nitrogens with zero attached hydrogens (tertiary/aromatic N) is 3. The molecule has 2 aromatic heterocycles. The van der Waals surface area contributed by atoms with Crippen molar-refractivity contribution in [2.24, 2.45) is 0 Å². The van der Waals surface area contributed by atoms with Crippen molar-refractivity contribution in [2.75, 3.05) is 19.0 Å². The van der Waals surface area contributed by atoms with Gasteiger partial charge in [0.25, 0.3) is 5.91 Å². The molecule has 0 aliphatic rings. The maximum absolute atomic E-state index is 12.1. The molecule has 0 saturated carbocycles. The van der Waals surface area contributed by atoms with E-state index in [9.17, 15) is 4.79 Å². The van der Waals surface area contributed by atoms with E-state index < -0.39 is 0 Å². The number of hydrogen-bond donors (Lipinski definition) is 1. The molecule has 1 amide bonds. The first kappa shape index (κ1) is 15.0. The fourth-order valence-corrected chi connectivity index (χ4v) is 2.03. The summed E-state index contributed by atoms with van der Waals surface area (Å²) in [7, 11) is 3.84. The molecule has 2 heterocycles. The Morgan fingerprint density at radius 1 is 1.24 bits per heavy atom. The highest BCUT2D eigenvalue weighted by Gasteiger charge is 2.14. The summed E-state index contributed by atoms with van der Waals surface area (Å²) in [6.07, 6.45) is 0. The van der Waals surface area contributed by atoms with Crippen LogP contribution in [0.1, 0.15) is 33.4 Å². The van der Waals surface area contributed by atoms with Crippen LogP contribution in [-0.2, 0) is 6.54 Å². The highest BCUT2D eigenvalue weighted by Crippen LogP contribution is 2.14. The smallest absolute Gasteiger partial charge is 0.255 e. The van der Waals surface area contributed by atoms with E-state index in [4.69, 9.17) is 4.42 Å². The van der Waals surface area contributed by atoms with Crippen LogP contribution in [0.25, 0.3) is 0 Å². The second-order valence-corrected chi connectivity index (χ2v) is 5.19. The average Bonchev–Trinajstić information content (AvgIpc) is 2.74. The SMILES string of the molecule is Cc1cc(N(C)C)nc(CNC(=O)c2cc(C)oc2C)n1. The summed E-state index contributed by atoms with van der Waals surface area (Å²) < 4.78 is 5.36. The Morgan fingerprint density at radius 3 is 2.52 bits per heavy atom. The third kappa shape index (κ3) is 3.59. The lowest BCUT2D eigenvalue weighted by Crippen LogP contribution is -2.25. The van der Waals surface area contributed by atoms with Crippen LogP contribution in [0.3, 0.4) is 0 Å². The molecule has 0 bridgehead atoms. The van der Waals surface area contributed by atoms with Gasteiger partial charge in [-0.1, -0.05) is 0 Å². The van der Waals surface area contributed by atoms with E-state index in [0.29, 0.717) is 17.1 Å². The third-order valence-electron chi connectivity index (χ3n) is 3.04. The first-order valence-corrected chi connectivity index (χ1v) is 6.74. The molecule has 2 aromatic rings. The predicted octanol–water partition coefficient (Wildman–Crippen LogP) is 1.99. The van der Waals surface area contributed by atoms with Crippen LogP contribution in [0.4, 0.5) is 5.82 Å². The molecule has 1 N–H and O–H groups in total. The monoisotopic (exact) mass is 288 g/mol. The molecular formula is C15H20N4O2. The van der Waals surface area contributed by atoms with E-state index in [2.05, 4.69) is 15.3 Å². The van der Waals surface area contributed by atoms with Gasteiger partial charge in [0.2, 0.25) is 0 Å². The number of rotatable bonds is 4. The topological polar surface area (TPSA) is 71.3 Å². The molecule has 0 radical (unpaired) electrons. The van der Waals surface area contributed by atoms with Crippen molar-refractivity contribution in [3.63, 3.8) is 0 Å². The summed E-state index contributed by atoms with van der Waals surface area (Å²) in [5.74, 6) is 2.57. The van der Waals surface area contributed by atoms with Crippen molar-refractivity contribution in [2.45, 2.75) is 27.3 Å². The zero-order valence-corrected chi connectivity index (χ0v) is 13.0. The van der Waals surface area contributed by atoms with Crippen molar-refractivity contribution >= 4 is 11.7 Å². The summed E-state index contributed by atoms with van der Waals surface area (Å²) >= 11 is 0. The van der Waals surface area contributed by atoms with E-state index in [-0.39, 0.29) is 12.5 Å². The largest absolute Gasteiger partial charge is 0.466 e. The Kier molecular flexibility index (Phi) is 4.26. The number of hydrogen-bond acceptors (Lipinski definition) is 5. The van der Waals surface area contributed by atoms with Crippen LogP contribution in [0.5, 0.6) is 0 Å². The van der Waals surface area contributed by atoms with Crippen LogP contribution >= 0.6 is 0 Å². The second kappa shape index (κ2) is 5.95. The summed E-state index contributed by atoms with van der Waals surface area (Å²) in [4.78, 5) is 22.8. The fourth-order valence-electron chi connectivity index (χ4n) is 2.03. The molecule has 0 fully saturated rings. The van der Waals surface area contributed by atoms with Crippen LogP contribution in [0.15, 0.2) is 16.5 Å². The first-order chi connectivity index (χ1) is 9.86. The highest BCUT2D eigenvalue weighted by atomic mass is 16.3. The first-order valence-electron chi connectivity index (χ1n) is 6.74. The van der Waals surface area contributed by atoms with E-state index >= 15 is 0 Å². The van der Waals surface area contributed by atoms with Gasteiger partial charge < -0.3 is 14.6 Å². The van der Waals surface area contributed by atoms with Crippen molar-refractivity contribution in [3.05, 3.63) is 40.7 Å². The minimum absolute atomic E-state index is 0.180. The summed E-state index contributed by atoms with van der Waals surface area (Å²) in [6, 6.07) is 3.63. The van der Waals surface area contributed by atoms with Gasteiger partial charge in [0.05, 0.1) is 12.1 Å². The summed E-state index contributed by atoms with van der Waals surface area (Å²) in [6.45, 7) is 5.78. The molecule has 6 heteroatoms. The zero-order valence-electron chi connectivity index (χ0n) is 13.0. The van der Waals surface area contributed by atoms with Crippen LogP contribution in [0.2, 0.25) is 0 Å². The molecule has 0 aliphatic carbocycles. The lowest BCUT2D eigenvalue weighted by Gasteiger charge is -2.13. The number of aryl methyl sites for hydroxylation is 3. The van der Waals surface area contributed by atoms with Crippen LogP contribution in [0, 0.1) is 20.8 Å². The molecule has 0 saturated heterocycles.